The van der Waals surface area contributed by atoms with Crippen LogP contribution in [0.1, 0.15) is 38.3 Å². The number of benzene rings is 1. The summed E-state index contributed by atoms with van der Waals surface area (Å²) in [6.45, 7) is 4.83. The first-order valence-corrected chi connectivity index (χ1v) is 9.01. The molecule has 2 N–H and O–H groups in total. The van der Waals surface area contributed by atoms with Crippen LogP contribution >= 0.6 is 0 Å². The highest BCUT2D eigenvalue weighted by atomic mass is 32.2. The molecule has 1 heterocycles. The fourth-order valence-corrected chi connectivity index (χ4v) is 3.76. The van der Waals surface area contributed by atoms with E-state index < -0.39 is 16.3 Å². The van der Waals surface area contributed by atoms with Crippen molar-refractivity contribution in [2.24, 2.45) is 0 Å². The van der Waals surface area contributed by atoms with Crippen LogP contribution in [-0.4, -0.2) is 38.4 Å². The number of hydrogen-bond donors (Lipinski definition) is 2. The number of likely N-dealkylation sites (tertiary alicyclic amines) is 1. The molecule has 0 bridgehead atoms. The van der Waals surface area contributed by atoms with Gasteiger partial charge in [0.2, 0.25) is 5.91 Å². The van der Waals surface area contributed by atoms with Crippen molar-refractivity contribution in [3.63, 3.8) is 0 Å². The van der Waals surface area contributed by atoms with Crippen LogP contribution in [0, 0.1) is 0 Å². The molecule has 6 nitrogen and oxygen atoms in total. The van der Waals surface area contributed by atoms with Crippen molar-refractivity contribution in [2.45, 2.75) is 38.8 Å². The van der Waals surface area contributed by atoms with E-state index in [4.69, 9.17) is 0 Å². The van der Waals surface area contributed by atoms with Crippen molar-refractivity contribution in [3.05, 3.63) is 35.9 Å². The van der Waals surface area contributed by atoms with Gasteiger partial charge in [-0.25, -0.2) is 0 Å². The van der Waals surface area contributed by atoms with Gasteiger partial charge >= 0.3 is 0 Å². The zero-order chi connectivity index (χ0) is 16.2. The highest BCUT2D eigenvalue weighted by Crippen LogP contribution is 2.20. The summed E-state index contributed by atoms with van der Waals surface area (Å²) in [6, 6.07) is 7.81. The van der Waals surface area contributed by atoms with Crippen LogP contribution < -0.4 is 9.44 Å². The monoisotopic (exact) mass is 325 g/mol. The van der Waals surface area contributed by atoms with Crippen molar-refractivity contribution in [2.75, 3.05) is 13.1 Å². The van der Waals surface area contributed by atoms with Gasteiger partial charge in [-0.1, -0.05) is 30.3 Å². The van der Waals surface area contributed by atoms with Gasteiger partial charge in [0.15, 0.2) is 0 Å². The lowest BCUT2D eigenvalue weighted by Crippen LogP contribution is -2.47. The van der Waals surface area contributed by atoms with Crippen molar-refractivity contribution < 1.29 is 13.2 Å². The van der Waals surface area contributed by atoms with E-state index in [1.807, 2.05) is 6.07 Å². The Kier molecular flexibility index (Phi) is 5.55. The number of rotatable bonds is 6. The number of nitrogens with zero attached hydrogens (tertiary/aromatic N) is 1. The Morgan fingerprint density at radius 2 is 1.68 bits per heavy atom. The maximum atomic E-state index is 12.7. The van der Waals surface area contributed by atoms with Crippen molar-refractivity contribution in [3.8, 4) is 0 Å². The largest absolute Gasteiger partial charge is 0.341 e. The third-order valence-corrected chi connectivity index (χ3v) is 4.79. The Bertz CT molecular complexity index is 596. The highest BCUT2D eigenvalue weighted by molar-refractivity contribution is 7.87. The second-order valence-electron chi connectivity index (χ2n) is 5.77. The number of hydrogen-bond acceptors (Lipinski definition) is 3. The molecular formula is C15H23N3O3S. The van der Waals surface area contributed by atoms with Gasteiger partial charge in [-0.15, -0.1) is 0 Å². The zero-order valence-electron chi connectivity index (χ0n) is 13.0. The van der Waals surface area contributed by atoms with Crippen LogP contribution in [0.3, 0.4) is 0 Å². The number of carbonyl (C=O) groups is 1. The first-order chi connectivity index (χ1) is 10.4. The first kappa shape index (κ1) is 16.9. The second kappa shape index (κ2) is 7.21. The topological polar surface area (TPSA) is 78.5 Å². The fourth-order valence-electron chi connectivity index (χ4n) is 2.53. The first-order valence-electron chi connectivity index (χ1n) is 7.52. The lowest BCUT2D eigenvalue weighted by molar-refractivity contribution is -0.132. The smallest absolute Gasteiger partial charge is 0.278 e. The highest BCUT2D eigenvalue weighted by Gasteiger charge is 2.31. The average Bonchev–Trinajstić information content (AvgIpc) is 2.98. The zero-order valence-corrected chi connectivity index (χ0v) is 13.8. The van der Waals surface area contributed by atoms with E-state index in [9.17, 15) is 13.2 Å². The summed E-state index contributed by atoms with van der Waals surface area (Å²) in [7, 11) is -3.75. The third-order valence-electron chi connectivity index (χ3n) is 3.46. The van der Waals surface area contributed by atoms with Crippen molar-refractivity contribution >= 4 is 16.1 Å². The predicted molar refractivity (Wildman–Crippen MR) is 85.3 cm³/mol. The number of carbonyl (C=O) groups excluding carboxylic acids is 1. The summed E-state index contributed by atoms with van der Waals surface area (Å²) in [5, 5.41) is 0. The molecule has 1 atom stereocenters. The molecule has 1 aliphatic rings. The molecule has 1 saturated heterocycles. The molecule has 0 radical (unpaired) electrons. The van der Waals surface area contributed by atoms with Gasteiger partial charge in [0.25, 0.3) is 10.2 Å². The predicted octanol–water partition coefficient (Wildman–Crippen LogP) is 1.18. The molecule has 0 aliphatic carbocycles. The lowest BCUT2D eigenvalue weighted by atomic mass is 10.1. The Labute approximate surface area is 132 Å². The average molecular weight is 325 g/mol. The molecule has 1 aromatic carbocycles. The van der Waals surface area contributed by atoms with Crippen LogP contribution in [0.5, 0.6) is 0 Å². The van der Waals surface area contributed by atoms with E-state index in [1.165, 1.54) is 0 Å². The number of nitrogens with one attached hydrogen (secondary N) is 2. The lowest BCUT2D eigenvalue weighted by Gasteiger charge is -2.24. The molecule has 1 aromatic rings. The SMILES string of the molecule is CC(C)NS(=O)(=O)NC(C(=O)N1CCCC1)c1ccccc1. The Balaban J connectivity index is 2.24. The number of amides is 1. The van der Waals surface area contributed by atoms with Gasteiger partial charge in [0.1, 0.15) is 6.04 Å². The summed E-state index contributed by atoms with van der Waals surface area (Å²) >= 11 is 0. The minimum atomic E-state index is -3.75. The van der Waals surface area contributed by atoms with E-state index in [1.54, 1.807) is 43.0 Å². The quantitative estimate of drug-likeness (QED) is 0.824. The van der Waals surface area contributed by atoms with Crippen molar-refractivity contribution in [1.29, 1.82) is 0 Å². The maximum Gasteiger partial charge on any atom is 0.278 e. The van der Waals surface area contributed by atoms with Crippen LogP contribution in [-0.2, 0) is 15.0 Å². The van der Waals surface area contributed by atoms with Gasteiger partial charge < -0.3 is 4.90 Å². The summed E-state index contributed by atoms with van der Waals surface area (Å²) in [5.74, 6) is -0.196. The molecule has 0 saturated carbocycles. The van der Waals surface area contributed by atoms with Gasteiger partial charge in [-0.3, -0.25) is 4.79 Å². The van der Waals surface area contributed by atoms with Gasteiger partial charge in [0.05, 0.1) is 0 Å². The Morgan fingerprint density at radius 1 is 1.09 bits per heavy atom. The standard InChI is InChI=1S/C15H23N3O3S/c1-12(2)16-22(20,21)17-14(13-8-4-3-5-9-13)15(19)18-10-6-7-11-18/h3-5,8-9,12,14,16-17H,6-7,10-11H2,1-2H3. The summed E-state index contributed by atoms with van der Waals surface area (Å²) in [6.07, 6.45) is 1.93. The minimum absolute atomic E-state index is 0.196. The van der Waals surface area contributed by atoms with Crippen LogP contribution in [0.4, 0.5) is 0 Å². The van der Waals surface area contributed by atoms with E-state index in [-0.39, 0.29) is 11.9 Å². The summed E-state index contributed by atoms with van der Waals surface area (Å²) in [5.41, 5.74) is 0.647. The second-order valence-corrected chi connectivity index (χ2v) is 7.25. The minimum Gasteiger partial charge on any atom is -0.341 e. The van der Waals surface area contributed by atoms with Gasteiger partial charge in [-0.05, 0) is 32.3 Å². The Morgan fingerprint density at radius 3 is 2.23 bits per heavy atom. The van der Waals surface area contributed by atoms with E-state index in [2.05, 4.69) is 9.44 Å². The maximum absolute atomic E-state index is 12.7. The summed E-state index contributed by atoms with van der Waals surface area (Å²) in [4.78, 5) is 14.4. The van der Waals surface area contributed by atoms with E-state index >= 15 is 0 Å². The molecule has 0 spiro atoms. The Hall–Kier alpha value is -1.44. The molecule has 22 heavy (non-hydrogen) atoms. The van der Waals surface area contributed by atoms with Crippen LogP contribution in [0.2, 0.25) is 0 Å². The van der Waals surface area contributed by atoms with E-state index in [0.717, 1.165) is 12.8 Å². The summed E-state index contributed by atoms with van der Waals surface area (Å²) < 4.78 is 29.2. The fraction of sp³-hybridized carbons (Fsp3) is 0.533. The molecule has 2 rings (SSSR count). The van der Waals surface area contributed by atoms with Crippen LogP contribution in [0.25, 0.3) is 0 Å². The molecule has 122 valence electrons. The van der Waals surface area contributed by atoms with Gasteiger partial charge in [-0.2, -0.15) is 17.9 Å². The van der Waals surface area contributed by atoms with Crippen molar-refractivity contribution in [1.82, 2.24) is 14.3 Å². The molecule has 1 unspecified atom stereocenters. The molecule has 7 heteroatoms. The molecule has 1 amide bonds. The van der Waals surface area contributed by atoms with Crippen LogP contribution in [0.15, 0.2) is 30.3 Å². The normalized spacial score (nSPS) is 17.0. The molecule has 0 aromatic heterocycles. The van der Waals surface area contributed by atoms with E-state index in [0.29, 0.717) is 18.7 Å². The molecule has 1 fully saturated rings. The van der Waals surface area contributed by atoms with Gasteiger partial charge in [0, 0.05) is 19.1 Å². The molecule has 1 aliphatic heterocycles. The molecular weight excluding hydrogens is 302 g/mol. The third kappa shape index (κ3) is 4.53.